The maximum absolute atomic E-state index is 8.54. The molecule has 0 heterocycles. The largest absolute Gasteiger partial charge is 0.491 e. The Kier molecular flexibility index (Phi) is 10.7. The van der Waals surface area contributed by atoms with Crippen LogP contribution in [0, 0.1) is 0 Å². The highest BCUT2D eigenvalue weighted by Crippen LogP contribution is 2.24. The highest BCUT2D eigenvalue weighted by Gasteiger charge is 2.00. The lowest BCUT2D eigenvalue weighted by Crippen LogP contribution is -2.14. The van der Waals surface area contributed by atoms with Crippen molar-refractivity contribution in [3.05, 3.63) is 42.5 Å². The van der Waals surface area contributed by atoms with Crippen molar-refractivity contribution in [2.24, 2.45) is 0 Å². The van der Waals surface area contributed by atoms with Gasteiger partial charge in [0.15, 0.2) is 0 Å². The first-order chi connectivity index (χ1) is 12.9. The minimum absolute atomic E-state index is 0.0378. The SMILES string of the molecule is OCCOCCOCCOCCOCCOc1cccc2ccccc12. The van der Waals surface area contributed by atoms with Gasteiger partial charge in [-0.05, 0) is 11.5 Å². The Morgan fingerprint density at radius 2 is 1.12 bits per heavy atom. The Bertz CT molecular complexity index is 598. The molecule has 0 aromatic heterocycles. The van der Waals surface area contributed by atoms with Crippen LogP contribution in [0.25, 0.3) is 10.8 Å². The molecule has 0 radical (unpaired) electrons. The van der Waals surface area contributed by atoms with Crippen molar-refractivity contribution in [3.8, 4) is 5.75 Å². The highest BCUT2D eigenvalue weighted by molar-refractivity contribution is 5.88. The van der Waals surface area contributed by atoms with Gasteiger partial charge in [-0.15, -0.1) is 0 Å². The molecule has 0 fully saturated rings. The Morgan fingerprint density at radius 1 is 0.577 bits per heavy atom. The van der Waals surface area contributed by atoms with Gasteiger partial charge in [0.25, 0.3) is 0 Å². The van der Waals surface area contributed by atoms with Crippen LogP contribution in [0.1, 0.15) is 0 Å². The van der Waals surface area contributed by atoms with E-state index >= 15 is 0 Å². The van der Waals surface area contributed by atoms with Crippen LogP contribution in [-0.4, -0.2) is 71.2 Å². The van der Waals surface area contributed by atoms with Crippen LogP contribution in [0.3, 0.4) is 0 Å². The lowest BCUT2D eigenvalue weighted by Gasteiger charge is -2.10. The molecule has 0 unspecified atom stereocenters. The molecule has 2 rings (SSSR count). The lowest BCUT2D eigenvalue weighted by molar-refractivity contribution is -0.00775. The maximum atomic E-state index is 8.54. The van der Waals surface area contributed by atoms with E-state index < -0.39 is 0 Å². The van der Waals surface area contributed by atoms with Crippen molar-refractivity contribution in [1.29, 1.82) is 0 Å². The quantitative estimate of drug-likeness (QED) is 0.489. The van der Waals surface area contributed by atoms with Crippen molar-refractivity contribution < 1.29 is 28.8 Å². The van der Waals surface area contributed by atoms with Gasteiger partial charge in [0, 0.05) is 5.39 Å². The highest BCUT2D eigenvalue weighted by atomic mass is 16.6. The molecule has 144 valence electrons. The Balaban J connectivity index is 1.43. The van der Waals surface area contributed by atoms with E-state index in [9.17, 15) is 0 Å². The maximum Gasteiger partial charge on any atom is 0.127 e. The number of aliphatic hydroxyl groups is 1. The third-order valence-corrected chi connectivity index (χ3v) is 3.59. The third-order valence-electron chi connectivity index (χ3n) is 3.59. The Hall–Kier alpha value is -1.70. The molecule has 26 heavy (non-hydrogen) atoms. The van der Waals surface area contributed by atoms with E-state index in [0.29, 0.717) is 59.5 Å². The molecule has 0 spiro atoms. The molecule has 0 bridgehead atoms. The first-order valence-electron chi connectivity index (χ1n) is 8.94. The summed E-state index contributed by atoms with van der Waals surface area (Å²) in [5.74, 6) is 0.878. The molecule has 0 aliphatic carbocycles. The average molecular weight is 364 g/mol. The van der Waals surface area contributed by atoms with E-state index in [1.807, 2.05) is 24.3 Å². The summed E-state index contributed by atoms with van der Waals surface area (Å²) in [5, 5.41) is 10.8. The van der Waals surface area contributed by atoms with Crippen LogP contribution in [0.4, 0.5) is 0 Å². The van der Waals surface area contributed by atoms with Crippen LogP contribution in [0.2, 0.25) is 0 Å². The topological polar surface area (TPSA) is 66.4 Å². The molecule has 6 nitrogen and oxygen atoms in total. The summed E-state index contributed by atoms with van der Waals surface area (Å²) < 4.78 is 27.1. The summed E-state index contributed by atoms with van der Waals surface area (Å²) >= 11 is 0. The van der Waals surface area contributed by atoms with Gasteiger partial charge >= 0.3 is 0 Å². The first kappa shape index (κ1) is 20.6. The van der Waals surface area contributed by atoms with Gasteiger partial charge in [-0.1, -0.05) is 36.4 Å². The summed E-state index contributed by atoms with van der Waals surface area (Å²) in [6, 6.07) is 14.2. The fraction of sp³-hybridized carbons (Fsp3) is 0.500. The predicted octanol–water partition coefficient (Wildman–Crippen LogP) is 2.28. The van der Waals surface area contributed by atoms with Gasteiger partial charge in [0.05, 0.1) is 59.5 Å². The van der Waals surface area contributed by atoms with E-state index in [1.165, 1.54) is 5.39 Å². The number of aliphatic hydroxyl groups excluding tert-OH is 1. The van der Waals surface area contributed by atoms with Crippen LogP contribution in [0.15, 0.2) is 42.5 Å². The Morgan fingerprint density at radius 3 is 1.77 bits per heavy atom. The third kappa shape index (κ3) is 8.12. The van der Waals surface area contributed by atoms with Crippen LogP contribution >= 0.6 is 0 Å². The minimum Gasteiger partial charge on any atom is -0.491 e. The second-order valence-electron chi connectivity index (χ2n) is 5.50. The monoisotopic (exact) mass is 364 g/mol. The van der Waals surface area contributed by atoms with E-state index in [-0.39, 0.29) is 6.61 Å². The van der Waals surface area contributed by atoms with E-state index in [2.05, 4.69) is 18.2 Å². The Labute approximate surface area is 154 Å². The molecule has 6 heteroatoms. The molecular weight excluding hydrogens is 336 g/mol. The fourth-order valence-electron chi connectivity index (χ4n) is 2.36. The van der Waals surface area contributed by atoms with Gasteiger partial charge in [-0.25, -0.2) is 0 Å². The molecule has 2 aromatic rings. The van der Waals surface area contributed by atoms with Gasteiger partial charge in [-0.2, -0.15) is 0 Å². The normalized spacial score (nSPS) is 11.1. The van der Waals surface area contributed by atoms with Crippen molar-refractivity contribution >= 4 is 10.8 Å². The second kappa shape index (κ2) is 13.5. The van der Waals surface area contributed by atoms with Crippen molar-refractivity contribution in [3.63, 3.8) is 0 Å². The van der Waals surface area contributed by atoms with Crippen molar-refractivity contribution in [2.45, 2.75) is 0 Å². The number of fused-ring (bicyclic) bond motifs is 1. The minimum atomic E-state index is 0.0378. The summed E-state index contributed by atoms with van der Waals surface area (Å²) in [4.78, 5) is 0. The summed E-state index contributed by atoms with van der Waals surface area (Å²) in [7, 11) is 0. The molecule has 0 aliphatic heterocycles. The number of rotatable bonds is 15. The molecule has 2 aromatic carbocycles. The fourth-order valence-corrected chi connectivity index (χ4v) is 2.36. The van der Waals surface area contributed by atoms with Crippen LogP contribution in [-0.2, 0) is 18.9 Å². The lowest BCUT2D eigenvalue weighted by atomic mass is 10.1. The summed E-state index contributed by atoms with van der Waals surface area (Å²) in [5.41, 5.74) is 0. The molecule has 0 aliphatic rings. The molecule has 0 saturated carbocycles. The van der Waals surface area contributed by atoms with E-state index in [0.717, 1.165) is 11.1 Å². The first-order valence-corrected chi connectivity index (χ1v) is 8.94. The number of hydrogen-bond donors (Lipinski definition) is 1. The molecule has 0 saturated heterocycles. The number of hydrogen-bond acceptors (Lipinski definition) is 6. The zero-order valence-electron chi connectivity index (χ0n) is 15.1. The standard InChI is InChI=1S/C20H28O6/c21-8-9-22-10-11-23-12-13-24-14-15-25-16-17-26-20-7-3-5-18-4-1-2-6-19(18)20/h1-7,21H,8-17H2. The predicted molar refractivity (Wildman–Crippen MR) is 99.8 cm³/mol. The van der Waals surface area contributed by atoms with Crippen molar-refractivity contribution in [1.82, 2.24) is 0 Å². The summed E-state index contributed by atoms with van der Waals surface area (Å²) in [6.45, 7) is 4.50. The molecule has 0 amide bonds. The molecular formula is C20H28O6. The van der Waals surface area contributed by atoms with Gasteiger partial charge in [0.1, 0.15) is 12.4 Å². The van der Waals surface area contributed by atoms with Crippen LogP contribution in [0.5, 0.6) is 5.75 Å². The molecule has 1 N–H and O–H groups in total. The molecule has 0 atom stereocenters. The van der Waals surface area contributed by atoms with Crippen LogP contribution < -0.4 is 4.74 Å². The zero-order chi connectivity index (χ0) is 18.3. The van der Waals surface area contributed by atoms with Gasteiger partial charge in [0.2, 0.25) is 0 Å². The smallest absolute Gasteiger partial charge is 0.127 e. The van der Waals surface area contributed by atoms with E-state index in [4.69, 9.17) is 28.8 Å². The van der Waals surface area contributed by atoms with Gasteiger partial charge < -0.3 is 28.8 Å². The second-order valence-corrected chi connectivity index (χ2v) is 5.50. The van der Waals surface area contributed by atoms with Gasteiger partial charge in [-0.3, -0.25) is 0 Å². The average Bonchev–Trinajstić information content (AvgIpc) is 2.68. The number of ether oxygens (including phenoxy) is 5. The van der Waals surface area contributed by atoms with Crippen molar-refractivity contribution in [2.75, 3.05) is 66.1 Å². The number of benzene rings is 2. The summed E-state index contributed by atoms with van der Waals surface area (Å²) in [6.07, 6.45) is 0. The zero-order valence-corrected chi connectivity index (χ0v) is 15.1. The van der Waals surface area contributed by atoms with E-state index in [1.54, 1.807) is 0 Å².